The lowest BCUT2D eigenvalue weighted by molar-refractivity contribution is 1.32. The van der Waals surface area contributed by atoms with Crippen molar-refractivity contribution >= 4 is 22.7 Å². The molecule has 122 valence electrons. The SMILES string of the molecule is Cc1cccc(Nc2ccccc2Nc2cccc(C)c2C)c1C. The van der Waals surface area contributed by atoms with E-state index in [1.807, 2.05) is 0 Å². The average Bonchev–Trinajstić information content (AvgIpc) is 2.58. The minimum absolute atomic E-state index is 1.08. The zero-order valence-corrected chi connectivity index (χ0v) is 14.8. The summed E-state index contributed by atoms with van der Waals surface area (Å²) in [6, 6.07) is 21.0. The molecule has 2 heteroatoms. The van der Waals surface area contributed by atoms with Crippen LogP contribution in [0.1, 0.15) is 22.3 Å². The van der Waals surface area contributed by atoms with E-state index in [2.05, 4.69) is 99.0 Å². The number of para-hydroxylation sites is 2. The van der Waals surface area contributed by atoms with Crippen LogP contribution in [0.2, 0.25) is 0 Å². The molecule has 3 aromatic carbocycles. The first kappa shape index (κ1) is 16.1. The first-order chi connectivity index (χ1) is 11.6. The van der Waals surface area contributed by atoms with Crippen LogP contribution in [0, 0.1) is 27.7 Å². The first-order valence-electron chi connectivity index (χ1n) is 8.32. The zero-order valence-electron chi connectivity index (χ0n) is 14.8. The molecular weight excluding hydrogens is 292 g/mol. The largest absolute Gasteiger partial charge is 0.354 e. The summed E-state index contributed by atoms with van der Waals surface area (Å²) in [6.07, 6.45) is 0. The van der Waals surface area contributed by atoms with Gasteiger partial charge in [0.05, 0.1) is 11.4 Å². The lowest BCUT2D eigenvalue weighted by atomic mass is 10.1. The molecule has 0 aliphatic carbocycles. The summed E-state index contributed by atoms with van der Waals surface area (Å²) >= 11 is 0. The van der Waals surface area contributed by atoms with Gasteiger partial charge in [0.1, 0.15) is 0 Å². The number of rotatable bonds is 4. The van der Waals surface area contributed by atoms with Crippen molar-refractivity contribution in [3.8, 4) is 0 Å². The summed E-state index contributed by atoms with van der Waals surface area (Å²) in [4.78, 5) is 0. The van der Waals surface area contributed by atoms with Gasteiger partial charge >= 0.3 is 0 Å². The van der Waals surface area contributed by atoms with E-state index in [0.29, 0.717) is 0 Å². The molecule has 3 rings (SSSR count). The Balaban J connectivity index is 1.94. The molecule has 24 heavy (non-hydrogen) atoms. The molecule has 0 bridgehead atoms. The fourth-order valence-electron chi connectivity index (χ4n) is 2.76. The minimum atomic E-state index is 1.08. The van der Waals surface area contributed by atoms with Crippen LogP contribution in [0.4, 0.5) is 22.7 Å². The monoisotopic (exact) mass is 316 g/mol. The highest BCUT2D eigenvalue weighted by Gasteiger charge is 2.07. The fraction of sp³-hybridized carbons (Fsp3) is 0.182. The molecule has 0 aromatic heterocycles. The van der Waals surface area contributed by atoms with Gasteiger partial charge in [0.2, 0.25) is 0 Å². The van der Waals surface area contributed by atoms with Gasteiger partial charge in [-0.15, -0.1) is 0 Å². The smallest absolute Gasteiger partial charge is 0.0623 e. The van der Waals surface area contributed by atoms with Gasteiger partial charge in [0.15, 0.2) is 0 Å². The molecule has 0 heterocycles. The van der Waals surface area contributed by atoms with Gasteiger partial charge in [-0.05, 0) is 74.2 Å². The van der Waals surface area contributed by atoms with Crippen LogP contribution in [-0.2, 0) is 0 Å². The lowest BCUT2D eigenvalue weighted by Crippen LogP contribution is -2.00. The van der Waals surface area contributed by atoms with E-state index in [0.717, 1.165) is 22.7 Å². The summed E-state index contributed by atoms with van der Waals surface area (Å²) < 4.78 is 0. The van der Waals surface area contributed by atoms with Gasteiger partial charge in [0, 0.05) is 11.4 Å². The second kappa shape index (κ2) is 6.79. The number of anilines is 4. The van der Waals surface area contributed by atoms with Crippen LogP contribution in [-0.4, -0.2) is 0 Å². The van der Waals surface area contributed by atoms with E-state index in [1.54, 1.807) is 0 Å². The summed E-state index contributed by atoms with van der Waals surface area (Å²) in [5.74, 6) is 0. The van der Waals surface area contributed by atoms with Gasteiger partial charge in [-0.25, -0.2) is 0 Å². The summed E-state index contributed by atoms with van der Waals surface area (Å²) in [7, 11) is 0. The maximum absolute atomic E-state index is 3.57. The standard InChI is InChI=1S/C22H24N2/c1-15-9-7-13-19(17(15)3)23-21-11-5-6-12-22(21)24-20-14-8-10-16(2)18(20)4/h5-14,23-24H,1-4H3. The van der Waals surface area contributed by atoms with Crippen molar-refractivity contribution in [1.82, 2.24) is 0 Å². The third-order valence-corrected chi connectivity index (χ3v) is 4.67. The fourth-order valence-corrected chi connectivity index (χ4v) is 2.76. The van der Waals surface area contributed by atoms with E-state index in [-0.39, 0.29) is 0 Å². The van der Waals surface area contributed by atoms with Crippen molar-refractivity contribution < 1.29 is 0 Å². The molecule has 0 unspecified atom stereocenters. The Morgan fingerprint density at radius 1 is 0.458 bits per heavy atom. The molecule has 2 N–H and O–H groups in total. The van der Waals surface area contributed by atoms with Crippen LogP contribution < -0.4 is 10.6 Å². The normalized spacial score (nSPS) is 10.5. The van der Waals surface area contributed by atoms with Gasteiger partial charge in [-0.3, -0.25) is 0 Å². The number of aryl methyl sites for hydroxylation is 2. The topological polar surface area (TPSA) is 24.1 Å². The maximum atomic E-state index is 3.57. The highest BCUT2D eigenvalue weighted by molar-refractivity contribution is 5.80. The quantitative estimate of drug-likeness (QED) is 0.581. The number of nitrogens with one attached hydrogen (secondary N) is 2. The number of hydrogen-bond donors (Lipinski definition) is 2. The van der Waals surface area contributed by atoms with Gasteiger partial charge in [-0.2, -0.15) is 0 Å². The molecule has 0 saturated carbocycles. The minimum Gasteiger partial charge on any atom is -0.354 e. The molecule has 0 fully saturated rings. The first-order valence-corrected chi connectivity index (χ1v) is 8.32. The van der Waals surface area contributed by atoms with Crippen LogP contribution in [0.25, 0.3) is 0 Å². The molecule has 0 aliphatic rings. The van der Waals surface area contributed by atoms with Crippen LogP contribution in [0.3, 0.4) is 0 Å². The Morgan fingerprint density at radius 2 is 0.833 bits per heavy atom. The average molecular weight is 316 g/mol. The van der Waals surface area contributed by atoms with Gasteiger partial charge in [-0.1, -0.05) is 36.4 Å². The molecule has 0 aliphatic heterocycles. The molecule has 2 nitrogen and oxygen atoms in total. The molecule has 0 spiro atoms. The highest BCUT2D eigenvalue weighted by atomic mass is 15.0. The summed E-state index contributed by atoms with van der Waals surface area (Å²) in [5, 5.41) is 7.15. The van der Waals surface area contributed by atoms with E-state index in [9.17, 15) is 0 Å². The van der Waals surface area contributed by atoms with Crippen molar-refractivity contribution in [2.45, 2.75) is 27.7 Å². The number of benzene rings is 3. The van der Waals surface area contributed by atoms with Crippen molar-refractivity contribution in [3.05, 3.63) is 82.9 Å². The second-order valence-corrected chi connectivity index (χ2v) is 6.29. The third-order valence-electron chi connectivity index (χ3n) is 4.67. The van der Waals surface area contributed by atoms with Crippen LogP contribution >= 0.6 is 0 Å². The molecule has 0 amide bonds. The van der Waals surface area contributed by atoms with Crippen molar-refractivity contribution in [3.63, 3.8) is 0 Å². The highest BCUT2D eigenvalue weighted by Crippen LogP contribution is 2.31. The van der Waals surface area contributed by atoms with E-state index >= 15 is 0 Å². The maximum Gasteiger partial charge on any atom is 0.0623 e. The molecular formula is C22H24N2. The summed E-state index contributed by atoms with van der Waals surface area (Å²) in [5.41, 5.74) is 9.58. The molecule has 0 radical (unpaired) electrons. The lowest BCUT2D eigenvalue weighted by Gasteiger charge is -2.17. The predicted molar refractivity (Wildman–Crippen MR) is 105 cm³/mol. The van der Waals surface area contributed by atoms with Crippen LogP contribution in [0.5, 0.6) is 0 Å². The van der Waals surface area contributed by atoms with Gasteiger partial charge < -0.3 is 10.6 Å². The predicted octanol–water partition coefficient (Wildman–Crippen LogP) is 6.41. The van der Waals surface area contributed by atoms with E-state index in [1.165, 1.54) is 22.3 Å². The Kier molecular flexibility index (Phi) is 4.57. The Hall–Kier alpha value is -2.74. The third kappa shape index (κ3) is 3.28. The van der Waals surface area contributed by atoms with Crippen molar-refractivity contribution in [1.29, 1.82) is 0 Å². The van der Waals surface area contributed by atoms with Crippen LogP contribution in [0.15, 0.2) is 60.7 Å². The summed E-state index contributed by atoms with van der Waals surface area (Å²) in [6.45, 7) is 8.58. The van der Waals surface area contributed by atoms with E-state index in [4.69, 9.17) is 0 Å². The van der Waals surface area contributed by atoms with Crippen molar-refractivity contribution in [2.75, 3.05) is 10.6 Å². The Morgan fingerprint density at radius 3 is 1.25 bits per heavy atom. The Bertz CT molecular complexity index is 793. The molecule has 0 atom stereocenters. The number of hydrogen-bond acceptors (Lipinski definition) is 2. The Labute approximate surface area is 144 Å². The molecule has 3 aromatic rings. The second-order valence-electron chi connectivity index (χ2n) is 6.29. The molecule has 0 saturated heterocycles. The van der Waals surface area contributed by atoms with E-state index < -0.39 is 0 Å². The van der Waals surface area contributed by atoms with Crippen molar-refractivity contribution in [2.24, 2.45) is 0 Å². The van der Waals surface area contributed by atoms with Gasteiger partial charge in [0.25, 0.3) is 0 Å². The zero-order chi connectivity index (χ0) is 17.1.